The average Bonchev–Trinajstić information content (AvgIpc) is 3.59. The smallest absolute Gasteiger partial charge is 0.0893 e. The zero-order valence-electron chi connectivity index (χ0n) is 24.4. The van der Waals surface area contributed by atoms with Crippen molar-refractivity contribution in [3.05, 3.63) is 180 Å². The summed E-state index contributed by atoms with van der Waals surface area (Å²) in [6, 6.07) is 55.2. The maximum atomic E-state index is 5.23. The van der Waals surface area contributed by atoms with Gasteiger partial charge < -0.3 is 0 Å². The normalized spacial score (nSPS) is 13.5. The third-order valence-electron chi connectivity index (χ3n) is 9.93. The highest BCUT2D eigenvalue weighted by Gasteiger charge is 2.53. The molecule has 0 unspecified atom stereocenters. The van der Waals surface area contributed by atoms with Crippen molar-refractivity contribution in [2.75, 3.05) is 0 Å². The van der Waals surface area contributed by atoms with E-state index in [0.717, 1.165) is 22.6 Å². The summed E-state index contributed by atoms with van der Waals surface area (Å²) in [5.41, 5.74) is 14.0. The minimum atomic E-state index is -0.462. The molecule has 0 bridgehead atoms. The van der Waals surface area contributed by atoms with Crippen LogP contribution in [0, 0.1) is 0 Å². The summed E-state index contributed by atoms with van der Waals surface area (Å²) in [4.78, 5) is 9.83. The van der Waals surface area contributed by atoms with E-state index >= 15 is 0 Å². The molecule has 0 radical (unpaired) electrons. The van der Waals surface area contributed by atoms with E-state index in [4.69, 9.17) is 4.98 Å². The predicted octanol–water partition coefficient (Wildman–Crippen LogP) is 10.5. The van der Waals surface area contributed by atoms with E-state index in [1.54, 1.807) is 0 Å². The Kier molecular flexibility index (Phi) is 4.95. The van der Waals surface area contributed by atoms with Crippen molar-refractivity contribution in [1.29, 1.82) is 0 Å². The van der Waals surface area contributed by atoms with Gasteiger partial charge >= 0.3 is 0 Å². The maximum absolute atomic E-state index is 5.23. The second-order valence-corrected chi connectivity index (χ2v) is 12.1. The van der Waals surface area contributed by atoms with Crippen LogP contribution in [0.2, 0.25) is 0 Å². The van der Waals surface area contributed by atoms with Gasteiger partial charge in [0, 0.05) is 11.8 Å². The third kappa shape index (κ3) is 3.18. The fraction of sp³-hybridized carbons (Fsp3) is 0.0233. The number of hydrogen-bond donors (Lipinski definition) is 0. The van der Waals surface area contributed by atoms with Crippen molar-refractivity contribution >= 4 is 21.5 Å². The molecule has 0 aliphatic heterocycles. The number of aromatic nitrogens is 2. The molecule has 1 spiro atoms. The molecule has 45 heavy (non-hydrogen) atoms. The molecule has 0 saturated heterocycles. The first-order chi connectivity index (χ1) is 22.3. The van der Waals surface area contributed by atoms with Crippen molar-refractivity contribution in [3.8, 4) is 44.9 Å². The largest absolute Gasteiger partial charge is 0.255 e. The fourth-order valence-electron chi connectivity index (χ4n) is 8.23. The lowest BCUT2D eigenvalue weighted by molar-refractivity contribution is 0.802. The van der Waals surface area contributed by atoms with Crippen LogP contribution in [-0.4, -0.2) is 9.97 Å². The van der Waals surface area contributed by atoms with Crippen molar-refractivity contribution < 1.29 is 0 Å². The molecule has 0 fully saturated rings. The van der Waals surface area contributed by atoms with E-state index in [9.17, 15) is 0 Å². The Bertz CT molecular complexity index is 2450. The molecule has 8 aromatic rings. The van der Waals surface area contributed by atoms with Crippen LogP contribution in [0.15, 0.2) is 158 Å². The Morgan fingerprint density at radius 3 is 1.82 bits per heavy atom. The first-order valence-electron chi connectivity index (χ1n) is 15.5. The van der Waals surface area contributed by atoms with E-state index in [-0.39, 0.29) is 0 Å². The fourth-order valence-corrected chi connectivity index (χ4v) is 8.23. The second kappa shape index (κ2) is 9.07. The summed E-state index contributed by atoms with van der Waals surface area (Å²) in [5, 5.41) is 5.03. The van der Waals surface area contributed by atoms with Gasteiger partial charge in [-0.15, -0.1) is 0 Å². The zero-order valence-corrected chi connectivity index (χ0v) is 24.4. The summed E-state index contributed by atoms with van der Waals surface area (Å²) in [5.74, 6) is 0. The standard InChI is InChI=1S/C43H26N2/c1-2-13-28-27(12-1)23-24-33-41-32-17-4-3-14-29(32)34(38-21-11-22-40(45-38)39-20-9-10-25-44-39)26-37(41)43(42(28)33)35-18-7-5-15-30(35)31-16-6-8-19-36(31)43/h1-26H. The van der Waals surface area contributed by atoms with Crippen molar-refractivity contribution in [3.63, 3.8) is 0 Å². The Labute approximate surface area is 261 Å². The molecule has 2 nitrogen and oxygen atoms in total. The van der Waals surface area contributed by atoms with Gasteiger partial charge in [0.25, 0.3) is 0 Å². The monoisotopic (exact) mass is 570 g/mol. The van der Waals surface area contributed by atoms with Crippen molar-refractivity contribution in [1.82, 2.24) is 9.97 Å². The van der Waals surface area contributed by atoms with Crippen LogP contribution in [0.5, 0.6) is 0 Å². The molecule has 2 heterocycles. The summed E-state index contributed by atoms with van der Waals surface area (Å²) >= 11 is 0. The Balaban J connectivity index is 1.39. The summed E-state index contributed by atoms with van der Waals surface area (Å²) in [7, 11) is 0. The van der Waals surface area contributed by atoms with E-state index < -0.39 is 5.41 Å². The highest BCUT2D eigenvalue weighted by molar-refractivity contribution is 6.13. The number of pyridine rings is 2. The van der Waals surface area contributed by atoms with E-state index in [1.165, 1.54) is 66.1 Å². The second-order valence-electron chi connectivity index (χ2n) is 12.1. The van der Waals surface area contributed by atoms with Gasteiger partial charge in [-0.05, 0) is 96.4 Å². The number of rotatable bonds is 2. The molecular formula is C43H26N2. The van der Waals surface area contributed by atoms with Gasteiger partial charge in [-0.25, -0.2) is 4.98 Å². The van der Waals surface area contributed by atoms with Gasteiger partial charge in [0.1, 0.15) is 0 Å². The Morgan fingerprint density at radius 1 is 0.400 bits per heavy atom. The van der Waals surface area contributed by atoms with Crippen LogP contribution in [-0.2, 0) is 5.41 Å². The topological polar surface area (TPSA) is 25.8 Å². The molecule has 0 N–H and O–H groups in total. The first kappa shape index (κ1) is 24.6. The molecule has 0 saturated carbocycles. The van der Waals surface area contributed by atoms with E-state index in [2.05, 4.69) is 132 Å². The molecule has 0 amide bonds. The van der Waals surface area contributed by atoms with E-state index in [1.807, 2.05) is 30.5 Å². The average molecular weight is 571 g/mol. The number of fused-ring (bicyclic) bond motifs is 14. The van der Waals surface area contributed by atoms with Gasteiger partial charge in [-0.2, -0.15) is 0 Å². The highest BCUT2D eigenvalue weighted by Crippen LogP contribution is 2.65. The van der Waals surface area contributed by atoms with Crippen LogP contribution in [0.25, 0.3) is 66.4 Å². The molecule has 2 aromatic heterocycles. The van der Waals surface area contributed by atoms with Gasteiger partial charge in [0.2, 0.25) is 0 Å². The minimum absolute atomic E-state index is 0.462. The maximum Gasteiger partial charge on any atom is 0.0893 e. The predicted molar refractivity (Wildman–Crippen MR) is 184 cm³/mol. The van der Waals surface area contributed by atoms with Crippen LogP contribution in [0.3, 0.4) is 0 Å². The molecule has 2 aliphatic carbocycles. The van der Waals surface area contributed by atoms with Crippen LogP contribution in [0.1, 0.15) is 22.3 Å². The summed E-state index contributed by atoms with van der Waals surface area (Å²) in [6.07, 6.45) is 1.83. The zero-order chi connectivity index (χ0) is 29.5. The molecule has 10 rings (SSSR count). The van der Waals surface area contributed by atoms with Crippen molar-refractivity contribution in [2.24, 2.45) is 0 Å². The Morgan fingerprint density at radius 2 is 1.04 bits per heavy atom. The molecule has 2 aliphatic rings. The lowest BCUT2D eigenvalue weighted by Crippen LogP contribution is -2.26. The lowest BCUT2D eigenvalue weighted by Gasteiger charge is -2.32. The van der Waals surface area contributed by atoms with Crippen LogP contribution < -0.4 is 0 Å². The first-order valence-corrected chi connectivity index (χ1v) is 15.5. The molecule has 6 aromatic carbocycles. The quantitative estimate of drug-likeness (QED) is 0.207. The summed E-state index contributed by atoms with van der Waals surface area (Å²) in [6.45, 7) is 0. The lowest BCUT2D eigenvalue weighted by atomic mass is 9.69. The molecule has 2 heteroatoms. The number of benzene rings is 6. The number of hydrogen-bond acceptors (Lipinski definition) is 2. The minimum Gasteiger partial charge on any atom is -0.255 e. The molecule has 0 atom stereocenters. The highest BCUT2D eigenvalue weighted by atomic mass is 14.8. The van der Waals surface area contributed by atoms with E-state index in [0.29, 0.717) is 0 Å². The Hall–Kier alpha value is -5.86. The van der Waals surface area contributed by atoms with Gasteiger partial charge in [-0.1, -0.05) is 121 Å². The molecular weight excluding hydrogens is 544 g/mol. The summed E-state index contributed by atoms with van der Waals surface area (Å²) < 4.78 is 0. The van der Waals surface area contributed by atoms with Gasteiger partial charge in [0.15, 0.2) is 0 Å². The van der Waals surface area contributed by atoms with Gasteiger partial charge in [-0.3, -0.25) is 4.98 Å². The third-order valence-corrected chi connectivity index (χ3v) is 9.93. The number of nitrogens with zero attached hydrogens (tertiary/aromatic N) is 2. The van der Waals surface area contributed by atoms with Crippen LogP contribution >= 0.6 is 0 Å². The van der Waals surface area contributed by atoms with Crippen molar-refractivity contribution in [2.45, 2.75) is 5.41 Å². The SMILES string of the molecule is c1ccc(-c2cccc(-c3cc4c(c5ccccc35)-c3ccc5ccccc5c3C43c4ccccc4-c4ccccc43)n2)nc1. The van der Waals surface area contributed by atoms with Crippen LogP contribution in [0.4, 0.5) is 0 Å². The molecule has 208 valence electrons. The van der Waals surface area contributed by atoms with Gasteiger partial charge in [0.05, 0.1) is 22.5 Å².